The van der Waals surface area contributed by atoms with Crippen LogP contribution < -0.4 is 5.32 Å². The highest BCUT2D eigenvalue weighted by Gasteiger charge is 2.10. The molecule has 0 aromatic carbocycles. The van der Waals surface area contributed by atoms with Crippen LogP contribution in [-0.4, -0.2) is 28.1 Å². The maximum atomic E-state index is 4.21. The molecule has 2 aromatic heterocycles. The summed E-state index contributed by atoms with van der Waals surface area (Å²) in [5.41, 5.74) is 2.40. The summed E-state index contributed by atoms with van der Waals surface area (Å²) in [6.45, 7) is 4.92. The van der Waals surface area contributed by atoms with Crippen LogP contribution in [0.2, 0.25) is 0 Å². The quantitative estimate of drug-likeness (QED) is 0.847. The van der Waals surface area contributed by atoms with Crippen molar-refractivity contribution < 1.29 is 0 Å². The second kappa shape index (κ2) is 6.82. The molecule has 0 spiro atoms. The molecule has 0 amide bonds. The summed E-state index contributed by atoms with van der Waals surface area (Å²) in [7, 11) is 2.11. The molecule has 2 aromatic rings. The summed E-state index contributed by atoms with van der Waals surface area (Å²) in [6, 6.07) is 2.16. The Kier molecular flexibility index (Phi) is 5.10. The Hall–Kier alpha value is -0.980. The Bertz CT molecular complexity index is 452. The highest BCUT2D eigenvalue weighted by atomic mass is 32.1. The molecule has 6 heteroatoms. The molecule has 0 saturated heterocycles. The van der Waals surface area contributed by atoms with Gasteiger partial charge in [-0.05, 0) is 35.9 Å². The van der Waals surface area contributed by atoms with E-state index >= 15 is 0 Å². The van der Waals surface area contributed by atoms with Crippen LogP contribution in [0.1, 0.15) is 24.6 Å². The van der Waals surface area contributed by atoms with Gasteiger partial charge in [-0.2, -0.15) is 11.3 Å². The van der Waals surface area contributed by atoms with E-state index in [0.29, 0.717) is 0 Å². The lowest BCUT2D eigenvalue weighted by Gasteiger charge is -2.15. The molecule has 18 heavy (non-hydrogen) atoms. The Balaban J connectivity index is 1.90. The highest BCUT2D eigenvalue weighted by Crippen LogP contribution is 2.19. The molecule has 4 nitrogen and oxygen atoms in total. The monoisotopic (exact) mass is 282 g/mol. The maximum Gasteiger partial charge on any atom is 0.134 e. The van der Waals surface area contributed by atoms with Crippen LogP contribution in [0.15, 0.2) is 16.8 Å². The van der Waals surface area contributed by atoms with Crippen molar-refractivity contribution in [3.05, 3.63) is 28.1 Å². The Morgan fingerprint density at radius 1 is 1.39 bits per heavy atom. The van der Waals surface area contributed by atoms with Gasteiger partial charge in [0.05, 0.1) is 0 Å². The van der Waals surface area contributed by atoms with E-state index < -0.39 is 0 Å². The first kappa shape index (κ1) is 13.5. The van der Waals surface area contributed by atoms with Crippen molar-refractivity contribution in [3.8, 4) is 0 Å². The van der Waals surface area contributed by atoms with Crippen molar-refractivity contribution in [1.29, 1.82) is 0 Å². The van der Waals surface area contributed by atoms with E-state index in [1.807, 2.05) is 0 Å². The lowest BCUT2D eigenvalue weighted by atomic mass is 10.3. The van der Waals surface area contributed by atoms with Gasteiger partial charge in [-0.1, -0.05) is 11.4 Å². The van der Waals surface area contributed by atoms with Crippen LogP contribution in [-0.2, 0) is 13.1 Å². The molecule has 0 atom stereocenters. The molecule has 0 aliphatic carbocycles. The molecule has 0 aliphatic heterocycles. The van der Waals surface area contributed by atoms with Crippen molar-refractivity contribution in [2.24, 2.45) is 0 Å². The van der Waals surface area contributed by atoms with E-state index in [1.54, 1.807) is 11.3 Å². The fraction of sp³-hybridized carbons (Fsp3) is 0.500. The van der Waals surface area contributed by atoms with E-state index in [0.717, 1.165) is 36.8 Å². The third kappa shape index (κ3) is 3.76. The Labute approximate surface area is 116 Å². The summed E-state index contributed by atoms with van der Waals surface area (Å²) >= 11 is 3.18. The Morgan fingerprint density at radius 3 is 3.00 bits per heavy atom. The first-order valence-corrected chi connectivity index (χ1v) is 7.76. The molecule has 1 N–H and O–H groups in total. The molecule has 0 unspecified atom stereocenters. The molecule has 0 aliphatic rings. The summed E-state index contributed by atoms with van der Waals surface area (Å²) in [6.07, 6.45) is 1.11. The van der Waals surface area contributed by atoms with Gasteiger partial charge < -0.3 is 5.32 Å². The number of thiophene rings is 1. The number of nitrogens with zero attached hydrogens (tertiary/aromatic N) is 3. The fourth-order valence-corrected chi connectivity index (χ4v) is 2.95. The van der Waals surface area contributed by atoms with Crippen molar-refractivity contribution in [2.45, 2.75) is 26.4 Å². The summed E-state index contributed by atoms with van der Waals surface area (Å²) in [4.78, 5) is 2.26. The van der Waals surface area contributed by atoms with E-state index in [4.69, 9.17) is 0 Å². The largest absolute Gasteiger partial charge is 0.374 e. The van der Waals surface area contributed by atoms with Gasteiger partial charge in [0.1, 0.15) is 10.7 Å². The summed E-state index contributed by atoms with van der Waals surface area (Å²) in [5, 5.41) is 13.0. The van der Waals surface area contributed by atoms with Crippen LogP contribution in [0.4, 0.5) is 5.00 Å². The van der Waals surface area contributed by atoms with Gasteiger partial charge in [0.25, 0.3) is 0 Å². The molecule has 0 bridgehead atoms. The van der Waals surface area contributed by atoms with Gasteiger partial charge in [-0.3, -0.25) is 4.90 Å². The molecule has 2 heterocycles. The first-order valence-electron chi connectivity index (χ1n) is 6.04. The van der Waals surface area contributed by atoms with E-state index in [1.165, 1.54) is 17.1 Å². The van der Waals surface area contributed by atoms with Crippen molar-refractivity contribution >= 4 is 27.9 Å². The van der Waals surface area contributed by atoms with E-state index in [9.17, 15) is 0 Å². The van der Waals surface area contributed by atoms with Gasteiger partial charge in [-0.15, -0.1) is 5.10 Å². The minimum Gasteiger partial charge on any atom is -0.374 e. The molecule has 0 saturated carbocycles. The molecular weight excluding hydrogens is 264 g/mol. The number of hydrogen-bond acceptors (Lipinski definition) is 6. The molecule has 0 fully saturated rings. The minimum absolute atomic E-state index is 0.832. The average molecular weight is 282 g/mol. The number of aromatic nitrogens is 2. The van der Waals surface area contributed by atoms with Crippen molar-refractivity contribution in [2.75, 3.05) is 18.9 Å². The van der Waals surface area contributed by atoms with Gasteiger partial charge in [0.15, 0.2) is 0 Å². The molecule has 98 valence electrons. The summed E-state index contributed by atoms with van der Waals surface area (Å²) < 4.78 is 4.03. The maximum absolute atomic E-state index is 4.21. The van der Waals surface area contributed by atoms with E-state index in [2.05, 4.69) is 50.6 Å². The van der Waals surface area contributed by atoms with Crippen LogP contribution in [0.3, 0.4) is 0 Å². The third-order valence-corrected chi connectivity index (χ3v) is 4.00. The number of rotatable bonds is 7. The van der Waals surface area contributed by atoms with Crippen LogP contribution in [0.5, 0.6) is 0 Å². The predicted molar refractivity (Wildman–Crippen MR) is 78.2 cm³/mol. The third-order valence-electron chi connectivity index (χ3n) is 2.54. The van der Waals surface area contributed by atoms with Gasteiger partial charge in [0.2, 0.25) is 0 Å². The van der Waals surface area contributed by atoms with Crippen LogP contribution in [0.25, 0.3) is 0 Å². The summed E-state index contributed by atoms with van der Waals surface area (Å²) in [5.74, 6) is 0. The predicted octanol–water partition coefficient (Wildman–Crippen LogP) is 3.05. The number of anilines is 1. The van der Waals surface area contributed by atoms with Gasteiger partial charge in [-0.25, -0.2) is 0 Å². The molecular formula is C12H18N4S2. The zero-order valence-electron chi connectivity index (χ0n) is 10.7. The smallest absolute Gasteiger partial charge is 0.134 e. The minimum atomic E-state index is 0.832. The highest BCUT2D eigenvalue weighted by molar-refractivity contribution is 7.10. The van der Waals surface area contributed by atoms with Gasteiger partial charge >= 0.3 is 0 Å². The van der Waals surface area contributed by atoms with Crippen molar-refractivity contribution in [1.82, 2.24) is 14.5 Å². The van der Waals surface area contributed by atoms with Gasteiger partial charge in [0, 0.05) is 31.2 Å². The average Bonchev–Trinajstić information content (AvgIpc) is 2.98. The van der Waals surface area contributed by atoms with Crippen LogP contribution >= 0.6 is 22.9 Å². The molecule has 0 radical (unpaired) electrons. The Morgan fingerprint density at radius 2 is 2.28 bits per heavy atom. The SMILES string of the molecule is CCCNc1snnc1CN(C)Cc1ccsc1. The first-order chi connectivity index (χ1) is 8.79. The zero-order valence-corrected chi connectivity index (χ0v) is 12.4. The van der Waals surface area contributed by atoms with Crippen molar-refractivity contribution in [3.63, 3.8) is 0 Å². The normalized spacial score (nSPS) is 11.1. The standard InChI is InChI=1S/C12H18N4S2/c1-3-5-13-12-11(14-15-18-12)8-16(2)7-10-4-6-17-9-10/h4,6,9,13H,3,5,7-8H2,1-2H3. The number of nitrogens with one attached hydrogen (secondary N) is 1. The second-order valence-corrected chi connectivity index (χ2v) is 5.81. The molecule has 2 rings (SSSR count). The lowest BCUT2D eigenvalue weighted by Crippen LogP contribution is -2.18. The number of hydrogen-bond donors (Lipinski definition) is 1. The van der Waals surface area contributed by atoms with Crippen LogP contribution in [0, 0.1) is 0 Å². The van der Waals surface area contributed by atoms with E-state index in [-0.39, 0.29) is 0 Å². The fourth-order valence-electron chi connectivity index (χ4n) is 1.69. The lowest BCUT2D eigenvalue weighted by molar-refractivity contribution is 0.316. The second-order valence-electron chi connectivity index (χ2n) is 4.28. The topological polar surface area (TPSA) is 41.1 Å². The zero-order chi connectivity index (χ0) is 12.8.